The smallest absolute Gasteiger partial charge is 0.220 e. The number of benzene rings is 1. The van der Waals surface area contributed by atoms with Crippen molar-refractivity contribution in [2.45, 2.75) is 31.7 Å². The molecule has 130 valence electrons. The van der Waals surface area contributed by atoms with E-state index >= 15 is 0 Å². The van der Waals surface area contributed by atoms with E-state index in [9.17, 15) is 4.79 Å². The zero-order valence-electron chi connectivity index (χ0n) is 13.8. The molecule has 1 aliphatic rings. The highest BCUT2D eigenvalue weighted by Crippen LogP contribution is 2.26. The standard InChI is InChI=1S/C19H24N2OS.ClH/c22-19(9-8-16-6-2-1-3-7-16)20-14-18(17-10-13-23-15-17)21-11-4-5-12-21;/h1-3,6-7,10,13,15,18H,4-5,8-9,11-12,14H2,(H,20,22);1H. The van der Waals surface area contributed by atoms with E-state index in [0.717, 1.165) is 19.5 Å². The van der Waals surface area contributed by atoms with Crippen molar-refractivity contribution >= 4 is 29.7 Å². The number of thiophene rings is 1. The fourth-order valence-electron chi connectivity index (χ4n) is 3.18. The number of carbonyl (C=O) groups excluding carboxylic acids is 1. The summed E-state index contributed by atoms with van der Waals surface area (Å²) in [5, 5.41) is 7.47. The summed E-state index contributed by atoms with van der Waals surface area (Å²) in [5.41, 5.74) is 2.55. The van der Waals surface area contributed by atoms with Crippen molar-refractivity contribution in [3.63, 3.8) is 0 Å². The second-order valence-electron chi connectivity index (χ2n) is 6.11. The first-order chi connectivity index (χ1) is 11.3. The van der Waals surface area contributed by atoms with Crippen LogP contribution in [-0.2, 0) is 11.2 Å². The number of aryl methyl sites for hydroxylation is 1. The van der Waals surface area contributed by atoms with E-state index < -0.39 is 0 Å². The Morgan fingerprint density at radius 3 is 2.58 bits per heavy atom. The normalized spacial score (nSPS) is 15.7. The van der Waals surface area contributed by atoms with Crippen LogP contribution in [0.15, 0.2) is 47.2 Å². The van der Waals surface area contributed by atoms with Crippen molar-refractivity contribution in [3.05, 3.63) is 58.3 Å². The molecule has 0 bridgehead atoms. The molecule has 24 heavy (non-hydrogen) atoms. The molecule has 2 heterocycles. The molecule has 3 rings (SSSR count). The van der Waals surface area contributed by atoms with Gasteiger partial charge >= 0.3 is 0 Å². The van der Waals surface area contributed by atoms with Gasteiger partial charge in [0.05, 0.1) is 6.04 Å². The van der Waals surface area contributed by atoms with E-state index in [1.54, 1.807) is 11.3 Å². The van der Waals surface area contributed by atoms with Crippen LogP contribution in [0.5, 0.6) is 0 Å². The summed E-state index contributed by atoms with van der Waals surface area (Å²) < 4.78 is 0. The monoisotopic (exact) mass is 364 g/mol. The zero-order valence-corrected chi connectivity index (χ0v) is 15.5. The third-order valence-electron chi connectivity index (χ3n) is 4.49. The molecule has 2 aromatic rings. The Bertz CT molecular complexity index is 597. The van der Waals surface area contributed by atoms with Crippen molar-refractivity contribution in [3.8, 4) is 0 Å². The van der Waals surface area contributed by atoms with E-state index in [4.69, 9.17) is 0 Å². The van der Waals surface area contributed by atoms with Crippen LogP contribution in [0.25, 0.3) is 0 Å². The van der Waals surface area contributed by atoms with Crippen molar-refractivity contribution in [1.82, 2.24) is 10.2 Å². The van der Waals surface area contributed by atoms with Crippen LogP contribution in [0.1, 0.15) is 36.4 Å². The summed E-state index contributed by atoms with van der Waals surface area (Å²) in [4.78, 5) is 14.7. The summed E-state index contributed by atoms with van der Waals surface area (Å²) >= 11 is 1.73. The molecule has 1 atom stereocenters. The molecule has 3 nitrogen and oxygen atoms in total. The first-order valence-electron chi connectivity index (χ1n) is 8.40. The van der Waals surface area contributed by atoms with E-state index in [1.807, 2.05) is 18.2 Å². The van der Waals surface area contributed by atoms with Gasteiger partial charge in [0.1, 0.15) is 0 Å². The van der Waals surface area contributed by atoms with Gasteiger partial charge in [-0.2, -0.15) is 11.3 Å². The number of rotatable bonds is 7. The van der Waals surface area contributed by atoms with Crippen LogP contribution in [0.2, 0.25) is 0 Å². The number of nitrogens with one attached hydrogen (secondary N) is 1. The van der Waals surface area contributed by atoms with Gasteiger partial charge in [0, 0.05) is 13.0 Å². The summed E-state index contributed by atoms with van der Waals surface area (Å²) in [6.07, 6.45) is 3.89. The molecule has 1 aliphatic heterocycles. The summed E-state index contributed by atoms with van der Waals surface area (Å²) in [6.45, 7) is 2.99. The molecule has 1 aromatic heterocycles. The first-order valence-corrected chi connectivity index (χ1v) is 9.34. The van der Waals surface area contributed by atoms with E-state index in [1.165, 1.54) is 24.0 Å². The quantitative estimate of drug-likeness (QED) is 0.803. The maximum atomic E-state index is 12.2. The maximum absolute atomic E-state index is 12.2. The molecule has 1 fully saturated rings. The minimum Gasteiger partial charge on any atom is -0.354 e. The van der Waals surface area contributed by atoms with Crippen molar-refractivity contribution in [1.29, 1.82) is 0 Å². The highest BCUT2D eigenvalue weighted by molar-refractivity contribution is 7.07. The second kappa shape index (κ2) is 9.82. The van der Waals surface area contributed by atoms with E-state index in [0.29, 0.717) is 19.0 Å². The number of halogens is 1. The molecule has 1 unspecified atom stereocenters. The first kappa shape index (κ1) is 19.0. The SMILES string of the molecule is Cl.O=C(CCc1ccccc1)NCC(c1ccsc1)N1CCCC1. The molecule has 0 saturated carbocycles. The Morgan fingerprint density at radius 1 is 1.17 bits per heavy atom. The van der Waals surface area contributed by atoms with Crippen molar-refractivity contribution in [2.24, 2.45) is 0 Å². The summed E-state index contributed by atoms with van der Waals surface area (Å²) in [6, 6.07) is 12.7. The van der Waals surface area contributed by atoms with Crippen LogP contribution in [-0.4, -0.2) is 30.4 Å². The Morgan fingerprint density at radius 2 is 1.92 bits per heavy atom. The molecule has 1 N–H and O–H groups in total. The van der Waals surface area contributed by atoms with E-state index in [2.05, 4.69) is 39.2 Å². The molecular formula is C19H25ClN2OS. The second-order valence-corrected chi connectivity index (χ2v) is 6.89. The Balaban J connectivity index is 0.00000208. The van der Waals surface area contributed by atoms with Crippen LogP contribution < -0.4 is 5.32 Å². The van der Waals surface area contributed by atoms with Gasteiger partial charge in [0.25, 0.3) is 0 Å². The predicted molar refractivity (Wildman–Crippen MR) is 103 cm³/mol. The third kappa shape index (κ3) is 5.33. The van der Waals surface area contributed by atoms with Crippen LogP contribution in [0.3, 0.4) is 0 Å². The van der Waals surface area contributed by atoms with Gasteiger partial charge in [0.15, 0.2) is 0 Å². The molecule has 1 amide bonds. The van der Waals surface area contributed by atoms with Gasteiger partial charge in [-0.3, -0.25) is 9.69 Å². The Hall–Kier alpha value is -1.36. The van der Waals surface area contributed by atoms with Gasteiger partial charge in [-0.1, -0.05) is 30.3 Å². The Kier molecular flexibility index (Phi) is 7.76. The fourth-order valence-corrected chi connectivity index (χ4v) is 3.88. The lowest BCUT2D eigenvalue weighted by Crippen LogP contribution is -2.36. The van der Waals surface area contributed by atoms with Crippen LogP contribution in [0.4, 0.5) is 0 Å². The molecule has 1 saturated heterocycles. The lowest BCUT2D eigenvalue weighted by Gasteiger charge is -2.27. The van der Waals surface area contributed by atoms with Gasteiger partial charge in [-0.25, -0.2) is 0 Å². The minimum absolute atomic E-state index is 0. The van der Waals surface area contributed by atoms with Crippen molar-refractivity contribution in [2.75, 3.05) is 19.6 Å². The van der Waals surface area contributed by atoms with Crippen LogP contribution >= 0.6 is 23.7 Å². The number of likely N-dealkylation sites (tertiary alicyclic amines) is 1. The summed E-state index contributed by atoms with van der Waals surface area (Å²) in [7, 11) is 0. The zero-order chi connectivity index (χ0) is 15.9. The molecule has 5 heteroatoms. The van der Waals surface area contributed by atoms with Gasteiger partial charge in [0.2, 0.25) is 5.91 Å². The largest absolute Gasteiger partial charge is 0.354 e. The summed E-state index contributed by atoms with van der Waals surface area (Å²) in [5.74, 6) is 0.147. The molecule has 1 aromatic carbocycles. The average molecular weight is 365 g/mol. The van der Waals surface area contributed by atoms with Gasteiger partial charge in [-0.05, 0) is 60.3 Å². The number of hydrogen-bond donors (Lipinski definition) is 1. The predicted octanol–water partition coefficient (Wildman–Crippen LogP) is 4.06. The average Bonchev–Trinajstić information content (AvgIpc) is 3.28. The molecule has 0 radical (unpaired) electrons. The lowest BCUT2D eigenvalue weighted by atomic mass is 10.1. The highest BCUT2D eigenvalue weighted by atomic mass is 35.5. The number of carbonyl (C=O) groups is 1. The fraction of sp³-hybridized carbons (Fsp3) is 0.421. The van der Waals surface area contributed by atoms with Crippen molar-refractivity contribution < 1.29 is 4.79 Å². The van der Waals surface area contributed by atoms with Crippen LogP contribution in [0, 0.1) is 0 Å². The lowest BCUT2D eigenvalue weighted by molar-refractivity contribution is -0.121. The molecule has 0 aliphatic carbocycles. The molecule has 0 spiro atoms. The number of hydrogen-bond acceptors (Lipinski definition) is 3. The topological polar surface area (TPSA) is 32.3 Å². The Labute approximate surface area is 154 Å². The number of amides is 1. The number of nitrogens with zero attached hydrogens (tertiary/aromatic N) is 1. The van der Waals surface area contributed by atoms with E-state index in [-0.39, 0.29) is 18.3 Å². The minimum atomic E-state index is 0. The molecular weight excluding hydrogens is 340 g/mol. The van der Waals surface area contributed by atoms with Gasteiger partial charge < -0.3 is 5.32 Å². The third-order valence-corrected chi connectivity index (χ3v) is 5.19. The highest BCUT2D eigenvalue weighted by Gasteiger charge is 2.24. The van der Waals surface area contributed by atoms with Gasteiger partial charge in [-0.15, -0.1) is 12.4 Å². The maximum Gasteiger partial charge on any atom is 0.220 e.